The van der Waals surface area contributed by atoms with E-state index in [0.717, 1.165) is 0 Å². The summed E-state index contributed by atoms with van der Waals surface area (Å²) in [4.78, 5) is 0. The quantitative estimate of drug-likeness (QED) is 0.421. The number of hydrogen-bond acceptors (Lipinski definition) is 0. The third-order valence-corrected chi connectivity index (χ3v) is 12.5. The van der Waals surface area contributed by atoms with Crippen molar-refractivity contribution in [3.8, 4) is 0 Å². The van der Waals surface area contributed by atoms with Crippen LogP contribution in [0.2, 0.25) is 36.6 Å². The Labute approximate surface area is 170 Å². The van der Waals surface area contributed by atoms with E-state index in [1.807, 2.05) is 0 Å². The van der Waals surface area contributed by atoms with Gasteiger partial charge in [0.2, 0.25) is 0 Å². The van der Waals surface area contributed by atoms with Gasteiger partial charge in [-0.25, -0.2) is 0 Å². The first-order chi connectivity index (χ1) is 10.5. The van der Waals surface area contributed by atoms with E-state index in [-0.39, 0.29) is 47.4 Å². The van der Waals surface area contributed by atoms with Crippen molar-refractivity contribution >= 4 is 102 Å². The molecule has 0 aromatic rings. The van der Waals surface area contributed by atoms with Crippen LogP contribution >= 0.6 is 0 Å². The van der Waals surface area contributed by atoms with E-state index in [1.165, 1.54) is 0 Å². The molecule has 0 nitrogen and oxygen atoms in total. The predicted octanol–water partition coefficient (Wildman–Crippen LogP) is -8.87. The molecule has 0 radical (unpaired) electrons. The Balaban J connectivity index is 3.18. The SMILES string of the molecule is BC1(B)C(B)(B)C2(C(B)(B)C(C)(C)C)C(B)(B)C(B)(B)C1(B)C2(B)B. The molecule has 2 aliphatic carbocycles. The van der Waals surface area contributed by atoms with E-state index in [1.54, 1.807) is 0 Å². The minimum absolute atomic E-state index is 0.194. The molecule has 2 saturated carbocycles. The van der Waals surface area contributed by atoms with Crippen molar-refractivity contribution in [2.75, 3.05) is 0 Å². The third kappa shape index (κ3) is 1.57. The zero-order chi connectivity index (χ0) is 20.5. The van der Waals surface area contributed by atoms with Crippen molar-refractivity contribution in [3.63, 3.8) is 0 Å². The van der Waals surface area contributed by atoms with Gasteiger partial charge in [0.1, 0.15) is 23.5 Å². The van der Waals surface area contributed by atoms with E-state index in [9.17, 15) is 0 Å². The Morgan fingerprint density at radius 2 is 0.760 bits per heavy atom. The Bertz CT molecular complexity index is 567. The van der Waals surface area contributed by atoms with Gasteiger partial charge in [-0.2, -0.15) is 0 Å². The molecule has 2 fully saturated rings. The smallest absolute Gasteiger partial charge is 0.0951 e. The minimum atomic E-state index is 0.194. The van der Waals surface area contributed by atoms with Gasteiger partial charge in [-0.05, 0) is 5.41 Å². The molecule has 25 heavy (non-hydrogen) atoms. The van der Waals surface area contributed by atoms with Crippen LogP contribution in [0.4, 0.5) is 0 Å². The molecule has 0 aromatic heterocycles. The third-order valence-electron chi connectivity index (χ3n) is 12.5. The minimum Gasteiger partial charge on any atom is -0.0951 e. The van der Waals surface area contributed by atoms with Crippen molar-refractivity contribution in [1.82, 2.24) is 0 Å². The predicted molar refractivity (Wildman–Crippen MR) is 152 cm³/mol. The zero-order valence-electron chi connectivity index (χ0n) is 20.5. The molecule has 0 atom stereocenters. The molecule has 0 amide bonds. The van der Waals surface area contributed by atoms with Crippen molar-refractivity contribution in [1.29, 1.82) is 0 Å². The molecule has 0 unspecified atom stereocenters. The van der Waals surface area contributed by atoms with Crippen LogP contribution in [0.3, 0.4) is 0 Å². The second kappa shape index (κ2) is 4.70. The Morgan fingerprint density at radius 3 is 1.00 bits per heavy atom. The summed E-state index contributed by atoms with van der Waals surface area (Å²) in [6.45, 7) is 7.41. The molecule has 0 aliphatic heterocycles. The molecular formula is C12H35B13. The normalized spacial score (nSPS) is 39.8. The van der Waals surface area contributed by atoms with Crippen LogP contribution in [0.1, 0.15) is 20.8 Å². The van der Waals surface area contributed by atoms with Crippen molar-refractivity contribution in [2.24, 2.45) is 10.8 Å². The monoisotopic (exact) mass is 322 g/mol. The summed E-state index contributed by atoms with van der Waals surface area (Å²) < 4.78 is 0. The van der Waals surface area contributed by atoms with Crippen LogP contribution in [0, 0.1) is 10.8 Å². The number of rotatable bonds is 1. The fraction of sp³-hybridized carbons (Fsp3) is 1.00. The second-order valence-corrected chi connectivity index (χ2v) is 13.9. The van der Waals surface area contributed by atoms with Gasteiger partial charge in [0, 0.05) is 0 Å². The Hall–Kier alpha value is 0.844. The highest BCUT2D eigenvalue weighted by atomic mass is 14.8. The van der Waals surface area contributed by atoms with Gasteiger partial charge in [-0.1, -0.05) is 62.8 Å². The van der Waals surface area contributed by atoms with Gasteiger partial charge < -0.3 is 0 Å². The second-order valence-electron chi connectivity index (χ2n) is 13.9. The molecule has 0 aromatic carbocycles. The molecule has 2 rings (SSSR count). The van der Waals surface area contributed by atoms with Crippen molar-refractivity contribution in [2.45, 2.75) is 57.4 Å². The average molecular weight is 320 g/mol. The van der Waals surface area contributed by atoms with Crippen LogP contribution in [-0.2, 0) is 0 Å². The lowest BCUT2D eigenvalue weighted by Crippen LogP contribution is -2.65. The van der Waals surface area contributed by atoms with Gasteiger partial charge in [-0.3, -0.25) is 0 Å². The molecule has 13 heteroatoms. The highest BCUT2D eigenvalue weighted by Crippen LogP contribution is 3.05. The highest BCUT2D eigenvalue weighted by molar-refractivity contribution is 6.72. The van der Waals surface area contributed by atoms with Gasteiger partial charge in [0.15, 0.2) is 0 Å². The lowest BCUT2D eigenvalue weighted by molar-refractivity contribution is 0.104. The van der Waals surface area contributed by atoms with Gasteiger partial charge in [-0.15, -0.1) is 0 Å². The molecular weight excluding hydrogens is 285 g/mol. The highest BCUT2D eigenvalue weighted by Gasteiger charge is 2.90. The summed E-state index contributed by atoms with van der Waals surface area (Å²) in [6, 6.07) is 0. The summed E-state index contributed by atoms with van der Waals surface area (Å²) in [5.41, 5.74) is 0.445. The molecule has 2 aliphatic rings. The van der Waals surface area contributed by atoms with Crippen molar-refractivity contribution in [3.05, 3.63) is 0 Å². The first-order valence-electron chi connectivity index (χ1n) is 10.5. The molecule has 0 heterocycles. The first kappa shape index (κ1) is 22.1. The Kier molecular flexibility index (Phi) is 4.16. The summed E-state index contributed by atoms with van der Waals surface area (Å²) in [5, 5.41) is 1.65. The lowest BCUT2D eigenvalue weighted by Gasteiger charge is -2.76. The molecule has 0 saturated heterocycles. The van der Waals surface area contributed by atoms with Gasteiger partial charge in [0.05, 0.1) is 78.5 Å². The summed E-state index contributed by atoms with van der Waals surface area (Å²) in [6.07, 6.45) is 0. The van der Waals surface area contributed by atoms with Crippen LogP contribution in [0.5, 0.6) is 0 Å². The fourth-order valence-electron chi connectivity index (χ4n) is 10.2. The molecule has 122 valence electrons. The standard InChI is InChI=1S/C12H35B13/c1-4(2,3)7(14,15)5-8(16,17)6(13,11(22,23)9(5,18)19)12(24,25)10(5,20)21/h13-25H2,1-3H3. The summed E-state index contributed by atoms with van der Waals surface area (Å²) in [7, 11) is 33.7. The van der Waals surface area contributed by atoms with E-state index >= 15 is 0 Å². The van der Waals surface area contributed by atoms with E-state index in [2.05, 4.69) is 123 Å². The Morgan fingerprint density at radius 1 is 0.480 bits per heavy atom. The van der Waals surface area contributed by atoms with Crippen LogP contribution < -0.4 is 0 Å². The van der Waals surface area contributed by atoms with Crippen molar-refractivity contribution < 1.29 is 0 Å². The number of hydrogen-bond donors (Lipinski definition) is 0. The number of fused-ring (bicyclic) bond motifs is 2. The van der Waals surface area contributed by atoms with Crippen LogP contribution in [-0.4, -0.2) is 102 Å². The fourth-order valence-corrected chi connectivity index (χ4v) is 10.2. The maximum atomic E-state index is 2.63. The average Bonchev–Trinajstić information content (AvgIpc) is 2.45. The maximum Gasteiger partial charge on any atom is 0.106 e. The molecule has 0 spiro atoms. The van der Waals surface area contributed by atoms with E-state index < -0.39 is 0 Å². The summed E-state index contributed by atoms with van der Waals surface area (Å²) in [5.74, 6) is 0. The zero-order valence-corrected chi connectivity index (χ0v) is 20.5. The first-order valence-corrected chi connectivity index (χ1v) is 10.5. The van der Waals surface area contributed by atoms with E-state index in [0.29, 0.717) is 0 Å². The van der Waals surface area contributed by atoms with Gasteiger partial charge in [0.25, 0.3) is 0 Å². The molecule has 0 N–H and O–H groups in total. The lowest BCUT2D eigenvalue weighted by atomic mass is 9.03. The topological polar surface area (TPSA) is 0 Å². The van der Waals surface area contributed by atoms with Gasteiger partial charge >= 0.3 is 0 Å². The van der Waals surface area contributed by atoms with Crippen LogP contribution in [0.25, 0.3) is 0 Å². The van der Waals surface area contributed by atoms with E-state index in [4.69, 9.17) is 0 Å². The van der Waals surface area contributed by atoms with Crippen LogP contribution in [0.15, 0.2) is 0 Å². The largest absolute Gasteiger partial charge is 0.106 e. The maximum absolute atomic E-state index is 2.63. The summed E-state index contributed by atoms with van der Waals surface area (Å²) >= 11 is 0. The molecule has 2 bridgehead atoms.